The van der Waals surface area contributed by atoms with Crippen molar-refractivity contribution in [1.29, 1.82) is 0 Å². The van der Waals surface area contributed by atoms with Crippen LogP contribution in [0.15, 0.2) is 29.3 Å². The molecular weight excluding hydrogens is 244 g/mol. The van der Waals surface area contributed by atoms with Crippen LogP contribution in [0, 0.1) is 0 Å². The summed E-state index contributed by atoms with van der Waals surface area (Å²) in [6.07, 6.45) is 3.13. The Hall–Kier alpha value is -1.29. The Morgan fingerprint density at radius 3 is 3.11 bits per heavy atom. The lowest BCUT2D eigenvalue weighted by Gasteiger charge is -2.24. The van der Waals surface area contributed by atoms with Gasteiger partial charge in [-0.1, -0.05) is 36.0 Å². The van der Waals surface area contributed by atoms with Gasteiger partial charge in [0.1, 0.15) is 0 Å². The van der Waals surface area contributed by atoms with Gasteiger partial charge in [-0.25, -0.2) is 0 Å². The van der Waals surface area contributed by atoms with Crippen LogP contribution in [0.1, 0.15) is 29.9 Å². The third-order valence-electron chi connectivity index (χ3n) is 3.50. The summed E-state index contributed by atoms with van der Waals surface area (Å²) in [5, 5.41) is 3.76. The highest BCUT2D eigenvalue weighted by atomic mass is 32.2. The summed E-state index contributed by atoms with van der Waals surface area (Å²) in [5.74, 6) is 1.09. The molecule has 1 aromatic rings. The van der Waals surface area contributed by atoms with Gasteiger partial charge in [-0.05, 0) is 30.4 Å². The summed E-state index contributed by atoms with van der Waals surface area (Å²) in [6.45, 7) is 0.821. The zero-order chi connectivity index (χ0) is 12.4. The fourth-order valence-electron chi connectivity index (χ4n) is 2.63. The molecule has 1 heterocycles. The highest BCUT2D eigenvalue weighted by Crippen LogP contribution is 2.31. The minimum absolute atomic E-state index is 0.00106. The van der Waals surface area contributed by atoms with Crippen molar-refractivity contribution in [3.63, 3.8) is 0 Å². The first-order valence-electron chi connectivity index (χ1n) is 6.40. The largest absolute Gasteiger partial charge is 0.305 e. The van der Waals surface area contributed by atoms with Gasteiger partial charge < -0.3 is 5.32 Å². The molecular formula is C14H16N2OS. The van der Waals surface area contributed by atoms with E-state index in [1.165, 1.54) is 11.1 Å². The van der Waals surface area contributed by atoms with Crippen LogP contribution in [-0.4, -0.2) is 23.4 Å². The lowest BCUT2D eigenvalue weighted by Crippen LogP contribution is -2.34. The van der Waals surface area contributed by atoms with E-state index in [0.717, 1.165) is 36.7 Å². The summed E-state index contributed by atoms with van der Waals surface area (Å²) >= 11 is 1.63. The van der Waals surface area contributed by atoms with E-state index in [4.69, 9.17) is 0 Å². The lowest BCUT2D eigenvalue weighted by atomic mass is 9.82. The molecule has 1 N–H and O–H groups in total. The molecule has 0 radical (unpaired) electrons. The molecule has 1 amide bonds. The zero-order valence-electron chi connectivity index (χ0n) is 10.2. The number of rotatable bonds is 1. The number of carbonyl (C=O) groups excluding carboxylic acids is 1. The molecule has 0 saturated heterocycles. The first-order chi connectivity index (χ1) is 8.84. The molecule has 1 atom stereocenters. The number of aliphatic imine (C=N–C) groups is 1. The number of nitrogens with one attached hydrogen (secondary N) is 1. The SMILES string of the molecule is O=C(NC1=NCCS1)[C@@H]1CCCc2ccccc21. The average Bonchev–Trinajstić information content (AvgIpc) is 2.91. The van der Waals surface area contributed by atoms with E-state index >= 15 is 0 Å². The van der Waals surface area contributed by atoms with E-state index in [0.29, 0.717) is 0 Å². The van der Waals surface area contributed by atoms with Crippen LogP contribution in [0.2, 0.25) is 0 Å². The van der Waals surface area contributed by atoms with Crippen molar-refractivity contribution in [3.05, 3.63) is 35.4 Å². The second-order valence-corrected chi connectivity index (χ2v) is 5.75. The van der Waals surface area contributed by atoms with E-state index in [2.05, 4.69) is 28.5 Å². The first-order valence-corrected chi connectivity index (χ1v) is 7.39. The average molecular weight is 260 g/mol. The number of benzene rings is 1. The Morgan fingerprint density at radius 1 is 1.39 bits per heavy atom. The Balaban J connectivity index is 1.78. The van der Waals surface area contributed by atoms with Gasteiger partial charge in [0, 0.05) is 5.75 Å². The molecule has 2 aliphatic rings. The number of fused-ring (bicyclic) bond motifs is 1. The van der Waals surface area contributed by atoms with Crippen LogP contribution in [0.3, 0.4) is 0 Å². The monoisotopic (exact) mass is 260 g/mol. The zero-order valence-corrected chi connectivity index (χ0v) is 11.0. The minimum Gasteiger partial charge on any atom is -0.305 e. The molecule has 0 unspecified atom stereocenters. The molecule has 3 rings (SSSR count). The van der Waals surface area contributed by atoms with E-state index in [1.54, 1.807) is 11.8 Å². The molecule has 4 heteroatoms. The quantitative estimate of drug-likeness (QED) is 0.842. The highest BCUT2D eigenvalue weighted by molar-refractivity contribution is 8.14. The third kappa shape index (κ3) is 2.29. The fraction of sp³-hybridized carbons (Fsp3) is 0.429. The van der Waals surface area contributed by atoms with Gasteiger partial charge in [-0.3, -0.25) is 9.79 Å². The van der Waals surface area contributed by atoms with Crippen LogP contribution < -0.4 is 5.32 Å². The van der Waals surface area contributed by atoms with E-state index in [1.807, 2.05) is 6.07 Å². The van der Waals surface area contributed by atoms with Gasteiger partial charge in [-0.15, -0.1) is 0 Å². The summed E-state index contributed by atoms with van der Waals surface area (Å²) in [5.41, 5.74) is 2.52. The number of thioether (sulfide) groups is 1. The summed E-state index contributed by atoms with van der Waals surface area (Å²) in [6, 6.07) is 8.29. The van der Waals surface area contributed by atoms with Gasteiger partial charge in [0.15, 0.2) is 5.17 Å². The number of aryl methyl sites for hydroxylation is 1. The maximum atomic E-state index is 12.3. The van der Waals surface area contributed by atoms with Crippen molar-refractivity contribution < 1.29 is 4.79 Å². The Labute approximate surface area is 111 Å². The number of hydrogen-bond donors (Lipinski definition) is 1. The van der Waals surface area contributed by atoms with Crippen molar-refractivity contribution >= 4 is 22.8 Å². The smallest absolute Gasteiger partial charge is 0.233 e. The second-order valence-electron chi connectivity index (χ2n) is 4.67. The Morgan fingerprint density at radius 2 is 2.28 bits per heavy atom. The van der Waals surface area contributed by atoms with Gasteiger partial charge in [-0.2, -0.15) is 0 Å². The van der Waals surface area contributed by atoms with Gasteiger partial charge in [0.25, 0.3) is 0 Å². The van der Waals surface area contributed by atoms with Crippen molar-refractivity contribution in [1.82, 2.24) is 5.32 Å². The minimum atomic E-state index is -0.00106. The molecule has 0 spiro atoms. The lowest BCUT2D eigenvalue weighted by molar-refractivity contribution is -0.121. The molecule has 3 nitrogen and oxygen atoms in total. The van der Waals surface area contributed by atoms with Gasteiger partial charge >= 0.3 is 0 Å². The number of carbonyl (C=O) groups is 1. The van der Waals surface area contributed by atoms with Crippen LogP contribution in [-0.2, 0) is 11.2 Å². The third-order valence-corrected chi connectivity index (χ3v) is 4.39. The van der Waals surface area contributed by atoms with Crippen molar-refractivity contribution in [2.45, 2.75) is 25.2 Å². The topological polar surface area (TPSA) is 41.5 Å². The molecule has 0 aromatic heterocycles. The Bertz CT molecular complexity index is 498. The number of nitrogens with zero attached hydrogens (tertiary/aromatic N) is 1. The molecule has 1 aliphatic heterocycles. The number of hydrogen-bond acceptors (Lipinski definition) is 3. The second kappa shape index (κ2) is 5.14. The summed E-state index contributed by atoms with van der Waals surface area (Å²) < 4.78 is 0. The van der Waals surface area contributed by atoms with Gasteiger partial charge in [0.05, 0.1) is 12.5 Å². The molecule has 94 valence electrons. The molecule has 1 aliphatic carbocycles. The molecule has 18 heavy (non-hydrogen) atoms. The van der Waals surface area contributed by atoms with Crippen molar-refractivity contribution in [2.75, 3.05) is 12.3 Å². The van der Waals surface area contributed by atoms with Crippen LogP contribution in [0.25, 0.3) is 0 Å². The maximum Gasteiger partial charge on any atom is 0.233 e. The van der Waals surface area contributed by atoms with E-state index in [9.17, 15) is 4.79 Å². The molecule has 0 bridgehead atoms. The van der Waals surface area contributed by atoms with E-state index in [-0.39, 0.29) is 11.8 Å². The molecule has 1 aromatic carbocycles. The summed E-state index contributed by atoms with van der Waals surface area (Å²) in [7, 11) is 0. The van der Waals surface area contributed by atoms with Crippen molar-refractivity contribution in [2.24, 2.45) is 4.99 Å². The standard InChI is InChI=1S/C14H16N2OS/c17-13(16-14-15-8-9-18-14)12-7-3-5-10-4-1-2-6-11(10)12/h1-2,4,6,12H,3,5,7-9H2,(H,15,16,17)/t12-/m1/s1. The number of amides is 1. The van der Waals surface area contributed by atoms with Crippen LogP contribution in [0.4, 0.5) is 0 Å². The predicted octanol–water partition coefficient (Wildman–Crippen LogP) is 2.33. The normalized spacial score (nSPS) is 22.2. The predicted molar refractivity (Wildman–Crippen MR) is 75.0 cm³/mol. The summed E-state index contributed by atoms with van der Waals surface area (Å²) in [4.78, 5) is 16.6. The highest BCUT2D eigenvalue weighted by Gasteiger charge is 2.27. The first kappa shape index (κ1) is 11.8. The van der Waals surface area contributed by atoms with Crippen LogP contribution >= 0.6 is 11.8 Å². The maximum absolute atomic E-state index is 12.3. The molecule has 0 saturated carbocycles. The van der Waals surface area contributed by atoms with Gasteiger partial charge in [0.2, 0.25) is 5.91 Å². The Kier molecular flexibility index (Phi) is 3.37. The van der Waals surface area contributed by atoms with Crippen molar-refractivity contribution in [3.8, 4) is 0 Å². The number of amidine groups is 1. The molecule has 0 fully saturated rings. The van der Waals surface area contributed by atoms with E-state index < -0.39 is 0 Å². The van der Waals surface area contributed by atoms with Crippen LogP contribution in [0.5, 0.6) is 0 Å². The fourth-order valence-corrected chi connectivity index (χ4v) is 3.36.